The van der Waals surface area contributed by atoms with Gasteiger partial charge in [-0.05, 0) is 26.0 Å². The van der Waals surface area contributed by atoms with E-state index in [-0.39, 0.29) is 12.1 Å². The number of benzene rings is 1. The minimum Gasteiger partial charge on any atom is -0.448 e. The van der Waals surface area contributed by atoms with Crippen molar-refractivity contribution in [1.82, 2.24) is 10.2 Å². The molecule has 7 heteroatoms. The van der Waals surface area contributed by atoms with E-state index < -0.39 is 23.2 Å². The van der Waals surface area contributed by atoms with Gasteiger partial charge in [0.25, 0.3) is 5.91 Å². The van der Waals surface area contributed by atoms with Crippen molar-refractivity contribution in [3.8, 4) is 0 Å². The molecule has 1 aromatic heterocycles. The fourth-order valence-electron chi connectivity index (χ4n) is 2.65. The quantitative estimate of drug-likeness (QED) is 0.863. The molecular formula is C17H18N2O5. The number of hydrogen-bond acceptors (Lipinski definition) is 5. The fraction of sp³-hybridized carbons (Fsp3) is 0.353. The summed E-state index contributed by atoms with van der Waals surface area (Å²) in [7, 11) is 0. The van der Waals surface area contributed by atoms with Crippen LogP contribution >= 0.6 is 0 Å². The van der Waals surface area contributed by atoms with Crippen LogP contribution in [0.4, 0.5) is 4.79 Å². The number of carbonyl (C=O) groups excluding carboxylic acids is 2. The monoisotopic (exact) mass is 330 g/mol. The van der Waals surface area contributed by atoms with Crippen LogP contribution in [0.3, 0.4) is 0 Å². The second-order valence-electron chi connectivity index (χ2n) is 6.25. The van der Waals surface area contributed by atoms with Crippen molar-refractivity contribution in [2.24, 2.45) is 0 Å². The molecule has 7 nitrogen and oxygen atoms in total. The van der Waals surface area contributed by atoms with E-state index in [2.05, 4.69) is 5.32 Å². The molecule has 1 fully saturated rings. The molecule has 2 amide bonds. The number of fused-ring (bicyclic) bond motifs is 1. The van der Waals surface area contributed by atoms with Crippen molar-refractivity contribution in [2.75, 3.05) is 19.7 Å². The lowest BCUT2D eigenvalue weighted by Gasteiger charge is -2.33. The van der Waals surface area contributed by atoms with Crippen LogP contribution in [-0.2, 0) is 4.74 Å². The molecule has 3 rings (SSSR count). The molecule has 0 radical (unpaired) electrons. The highest BCUT2D eigenvalue weighted by atomic mass is 16.6. The van der Waals surface area contributed by atoms with E-state index in [0.29, 0.717) is 24.1 Å². The average Bonchev–Trinajstić information content (AvgIpc) is 2.99. The molecule has 1 aromatic carbocycles. The molecule has 24 heavy (non-hydrogen) atoms. The first-order valence-electron chi connectivity index (χ1n) is 7.64. The number of rotatable bonds is 4. The van der Waals surface area contributed by atoms with E-state index in [1.807, 2.05) is 13.8 Å². The lowest BCUT2D eigenvalue weighted by molar-refractivity contribution is 0.0899. The number of hydrogen-bond donors (Lipinski definition) is 1. The summed E-state index contributed by atoms with van der Waals surface area (Å²) in [5.41, 5.74) is -0.947. The first-order chi connectivity index (χ1) is 11.4. The third-order valence-electron chi connectivity index (χ3n) is 4.06. The normalized spacial score (nSPS) is 14.8. The zero-order valence-electron chi connectivity index (χ0n) is 13.5. The molecule has 2 aromatic rings. The van der Waals surface area contributed by atoms with Gasteiger partial charge in [0.2, 0.25) is 0 Å². The summed E-state index contributed by atoms with van der Waals surface area (Å²) < 4.78 is 10.1. The smallest absolute Gasteiger partial charge is 0.410 e. The number of amides is 2. The standard InChI is InChI=1S/C17H18N2O5/c1-17(2,19-7-8-23-16(19)22)10-18-14(20)12-9-11-5-3-4-6-13(11)24-15(12)21/h3-6,9H,7-8,10H2,1-2H3,(H,18,20). The van der Waals surface area contributed by atoms with Gasteiger partial charge in [-0.25, -0.2) is 9.59 Å². The lowest BCUT2D eigenvalue weighted by Crippen LogP contribution is -2.52. The third-order valence-corrected chi connectivity index (χ3v) is 4.06. The molecule has 0 unspecified atom stereocenters. The first-order valence-corrected chi connectivity index (χ1v) is 7.64. The summed E-state index contributed by atoms with van der Waals surface area (Å²) in [6.07, 6.45) is -0.403. The molecule has 126 valence electrons. The molecule has 0 saturated carbocycles. The van der Waals surface area contributed by atoms with Crippen molar-refractivity contribution in [2.45, 2.75) is 19.4 Å². The molecule has 1 aliphatic heterocycles. The van der Waals surface area contributed by atoms with Crippen LogP contribution in [-0.4, -0.2) is 42.1 Å². The van der Waals surface area contributed by atoms with Crippen molar-refractivity contribution in [1.29, 1.82) is 0 Å². The Morgan fingerprint density at radius 1 is 1.29 bits per heavy atom. The number of para-hydroxylation sites is 1. The molecule has 1 aliphatic rings. The van der Waals surface area contributed by atoms with Gasteiger partial charge >= 0.3 is 11.7 Å². The summed E-state index contributed by atoms with van der Waals surface area (Å²) in [6, 6.07) is 8.49. The van der Waals surface area contributed by atoms with E-state index >= 15 is 0 Å². The average molecular weight is 330 g/mol. The summed E-state index contributed by atoms with van der Waals surface area (Å²) in [6.45, 7) is 4.64. The van der Waals surface area contributed by atoms with Crippen molar-refractivity contribution in [3.63, 3.8) is 0 Å². The molecule has 0 aliphatic carbocycles. The van der Waals surface area contributed by atoms with Gasteiger partial charge < -0.3 is 14.5 Å². The van der Waals surface area contributed by atoms with E-state index in [4.69, 9.17) is 9.15 Å². The van der Waals surface area contributed by atoms with E-state index in [9.17, 15) is 14.4 Å². The third kappa shape index (κ3) is 2.97. The van der Waals surface area contributed by atoms with Gasteiger partial charge in [-0.15, -0.1) is 0 Å². The molecular weight excluding hydrogens is 312 g/mol. The number of carbonyl (C=O) groups is 2. The van der Waals surface area contributed by atoms with Crippen LogP contribution in [0.25, 0.3) is 11.0 Å². The van der Waals surface area contributed by atoms with Gasteiger partial charge in [0.05, 0.1) is 12.1 Å². The van der Waals surface area contributed by atoms with Gasteiger partial charge in [-0.2, -0.15) is 0 Å². The lowest BCUT2D eigenvalue weighted by atomic mass is 10.0. The fourth-order valence-corrected chi connectivity index (χ4v) is 2.65. The maximum absolute atomic E-state index is 12.3. The first kappa shape index (κ1) is 16.0. The van der Waals surface area contributed by atoms with Gasteiger partial charge in [0, 0.05) is 11.9 Å². The summed E-state index contributed by atoms with van der Waals surface area (Å²) in [5, 5.41) is 3.36. The second kappa shape index (κ2) is 5.99. The summed E-state index contributed by atoms with van der Waals surface area (Å²) in [5.74, 6) is -0.532. The van der Waals surface area contributed by atoms with Crippen LogP contribution in [0.2, 0.25) is 0 Å². The molecule has 2 heterocycles. The van der Waals surface area contributed by atoms with Gasteiger partial charge in [-0.1, -0.05) is 18.2 Å². The molecule has 0 atom stereocenters. The van der Waals surface area contributed by atoms with Crippen LogP contribution < -0.4 is 10.9 Å². The minimum atomic E-state index is -0.690. The Hall–Kier alpha value is -2.83. The van der Waals surface area contributed by atoms with Crippen LogP contribution in [0.1, 0.15) is 24.2 Å². The SMILES string of the molecule is CC(C)(CNC(=O)c1cc2ccccc2oc1=O)N1CCOC1=O. The highest BCUT2D eigenvalue weighted by Gasteiger charge is 2.36. The number of nitrogens with zero attached hydrogens (tertiary/aromatic N) is 1. The Labute approximate surface area is 138 Å². The Morgan fingerprint density at radius 3 is 2.75 bits per heavy atom. The van der Waals surface area contributed by atoms with Gasteiger partial charge in [0.15, 0.2) is 0 Å². The van der Waals surface area contributed by atoms with E-state index in [1.165, 1.54) is 6.07 Å². The molecule has 0 bridgehead atoms. The number of cyclic esters (lactones) is 1. The second-order valence-corrected chi connectivity index (χ2v) is 6.25. The van der Waals surface area contributed by atoms with Crippen molar-refractivity contribution >= 4 is 23.0 Å². The van der Waals surface area contributed by atoms with Gasteiger partial charge in [-0.3, -0.25) is 9.69 Å². The molecule has 1 N–H and O–H groups in total. The Morgan fingerprint density at radius 2 is 2.04 bits per heavy atom. The zero-order chi connectivity index (χ0) is 17.3. The maximum atomic E-state index is 12.3. The van der Waals surface area contributed by atoms with Crippen LogP contribution in [0.5, 0.6) is 0 Å². The van der Waals surface area contributed by atoms with Crippen LogP contribution in [0.15, 0.2) is 39.5 Å². The minimum absolute atomic E-state index is 0.0616. The predicted molar refractivity (Wildman–Crippen MR) is 87.0 cm³/mol. The predicted octanol–water partition coefficient (Wildman–Crippen LogP) is 1.75. The van der Waals surface area contributed by atoms with Crippen LogP contribution in [0, 0.1) is 0 Å². The van der Waals surface area contributed by atoms with E-state index in [1.54, 1.807) is 29.2 Å². The van der Waals surface area contributed by atoms with Crippen molar-refractivity contribution < 1.29 is 18.7 Å². The number of ether oxygens (including phenoxy) is 1. The summed E-state index contributed by atoms with van der Waals surface area (Å²) in [4.78, 5) is 37.6. The maximum Gasteiger partial charge on any atom is 0.410 e. The highest BCUT2D eigenvalue weighted by molar-refractivity contribution is 5.96. The topological polar surface area (TPSA) is 88.8 Å². The molecule has 0 spiro atoms. The highest BCUT2D eigenvalue weighted by Crippen LogP contribution is 2.19. The Bertz CT molecular complexity index is 855. The summed E-state index contributed by atoms with van der Waals surface area (Å²) >= 11 is 0. The number of nitrogens with one attached hydrogen (secondary N) is 1. The van der Waals surface area contributed by atoms with E-state index in [0.717, 1.165) is 0 Å². The Kier molecular flexibility index (Phi) is 4.01. The largest absolute Gasteiger partial charge is 0.448 e. The molecule has 1 saturated heterocycles. The zero-order valence-corrected chi connectivity index (χ0v) is 13.5. The Balaban J connectivity index is 1.76. The van der Waals surface area contributed by atoms with Gasteiger partial charge in [0.1, 0.15) is 17.8 Å². The van der Waals surface area contributed by atoms with Crippen molar-refractivity contribution in [3.05, 3.63) is 46.3 Å².